The van der Waals surface area contributed by atoms with Crippen LogP contribution in [0.3, 0.4) is 0 Å². The van der Waals surface area contributed by atoms with Crippen molar-refractivity contribution in [2.45, 2.75) is 42.7 Å². The van der Waals surface area contributed by atoms with E-state index in [9.17, 15) is 23.1 Å². The average molecular weight is 364 g/mol. The molecule has 1 heterocycles. The number of benzene rings is 1. The fraction of sp³-hybridized carbons (Fsp3) is 0.389. The van der Waals surface area contributed by atoms with Crippen molar-refractivity contribution in [3.8, 4) is 0 Å². The van der Waals surface area contributed by atoms with E-state index in [4.69, 9.17) is 4.52 Å². The zero-order valence-electron chi connectivity index (χ0n) is 13.6. The summed E-state index contributed by atoms with van der Waals surface area (Å²) in [4.78, 5) is 15.6. The van der Waals surface area contributed by atoms with Gasteiger partial charge in [-0.3, -0.25) is 0 Å². The fourth-order valence-corrected chi connectivity index (χ4v) is 3.33. The Morgan fingerprint density at radius 3 is 2.23 bits per heavy atom. The Labute approximate surface area is 146 Å². The molecule has 2 aliphatic carbocycles. The summed E-state index contributed by atoms with van der Waals surface area (Å²) < 4.78 is 43.5. The SMILES string of the molecule is C=C(C(=O)O)C1(c2nc(C3(c4ccc(C(F)(F)F)cc4)CC3)no2)CC1. The van der Waals surface area contributed by atoms with E-state index in [-0.39, 0.29) is 11.5 Å². The van der Waals surface area contributed by atoms with Gasteiger partial charge in [-0.2, -0.15) is 18.2 Å². The molecule has 8 heteroatoms. The zero-order valence-corrected chi connectivity index (χ0v) is 13.6. The number of aliphatic carboxylic acids is 1. The standard InChI is InChI=1S/C18H15F3N2O3/c1-10(13(24)25)16(6-7-16)15-22-14(23-26-15)17(8-9-17)11-2-4-12(5-3-11)18(19,20)21/h2-5H,1,6-9H2,(H,24,25). The quantitative estimate of drug-likeness (QED) is 0.816. The average Bonchev–Trinajstić information content (AvgIpc) is 3.52. The summed E-state index contributed by atoms with van der Waals surface area (Å²) in [6.07, 6.45) is -1.83. The van der Waals surface area contributed by atoms with Crippen LogP contribution in [0, 0.1) is 0 Å². The highest BCUT2D eigenvalue weighted by Gasteiger charge is 2.56. The first-order valence-corrected chi connectivity index (χ1v) is 8.14. The van der Waals surface area contributed by atoms with E-state index in [0.29, 0.717) is 37.1 Å². The number of hydrogen-bond donors (Lipinski definition) is 1. The minimum absolute atomic E-state index is 0.0204. The van der Waals surface area contributed by atoms with Crippen molar-refractivity contribution in [1.29, 1.82) is 0 Å². The van der Waals surface area contributed by atoms with E-state index < -0.39 is 28.5 Å². The van der Waals surface area contributed by atoms with Crippen LogP contribution in [0.4, 0.5) is 13.2 Å². The smallest absolute Gasteiger partial charge is 0.416 e. The number of carboxylic acid groups (broad SMARTS) is 1. The molecule has 0 aliphatic heterocycles. The van der Waals surface area contributed by atoms with Crippen molar-refractivity contribution >= 4 is 5.97 Å². The van der Waals surface area contributed by atoms with Crippen LogP contribution >= 0.6 is 0 Å². The van der Waals surface area contributed by atoms with Crippen molar-refractivity contribution in [1.82, 2.24) is 10.1 Å². The third-order valence-electron chi connectivity index (χ3n) is 5.36. The monoisotopic (exact) mass is 364 g/mol. The van der Waals surface area contributed by atoms with Gasteiger partial charge in [-0.15, -0.1) is 0 Å². The molecule has 2 fully saturated rings. The summed E-state index contributed by atoms with van der Waals surface area (Å²) in [5.41, 5.74) is -1.37. The highest BCUT2D eigenvalue weighted by Crippen LogP contribution is 2.56. The topological polar surface area (TPSA) is 76.2 Å². The van der Waals surface area contributed by atoms with Crippen molar-refractivity contribution < 1.29 is 27.6 Å². The second-order valence-corrected chi connectivity index (χ2v) is 6.95. The summed E-state index contributed by atoms with van der Waals surface area (Å²) in [6, 6.07) is 4.97. The summed E-state index contributed by atoms with van der Waals surface area (Å²) >= 11 is 0. The Balaban J connectivity index is 1.64. The van der Waals surface area contributed by atoms with Gasteiger partial charge in [0.05, 0.1) is 16.4 Å². The number of aromatic nitrogens is 2. The summed E-state index contributed by atoms with van der Waals surface area (Å²) in [7, 11) is 0. The van der Waals surface area contributed by atoms with Gasteiger partial charge < -0.3 is 9.63 Å². The molecule has 0 radical (unpaired) electrons. The Bertz CT molecular complexity index is 891. The second kappa shape index (κ2) is 5.18. The highest BCUT2D eigenvalue weighted by molar-refractivity contribution is 5.89. The molecule has 2 aliphatic rings. The Morgan fingerprint density at radius 2 is 1.77 bits per heavy atom. The minimum Gasteiger partial charge on any atom is -0.478 e. The van der Waals surface area contributed by atoms with Crippen molar-refractivity contribution in [3.63, 3.8) is 0 Å². The van der Waals surface area contributed by atoms with Crippen LogP contribution in [0.5, 0.6) is 0 Å². The molecular formula is C18H15F3N2O3. The molecule has 0 amide bonds. The van der Waals surface area contributed by atoms with Crippen molar-refractivity contribution in [3.05, 3.63) is 59.3 Å². The van der Waals surface area contributed by atoms with Crippen LogP contribution in [-0.4, -0.2) is 21.2 Å². The molecule has 0 atom stereocenters. The lowest BCUT2D eigenvalue weighted by Crippen LogP contribution is -2.18. The third-order valence-corrected chi connectivity index (χ3v) is 5.36. The number of alkyl halides is 3. The lowest BCUT2D eigenvalue weighted by Gasteiger charge is -2.13. The number of rotatable bonds is 5. The molecule has 1 aromatic carbocycles. The number of nitrogens with zero attached hydrogens (tertiary/aromatic N) is 2. The zero-order chi connectivity index (χ0) is 18.7. The number of carbonyl (C=O) groups is 1. The normalized spacial score (nSPS) is 19.8. The van der Waals surface area contributed by atoms with Crippen LogP contribution in [-0.2, 0) is 21.8 Å². The third kappa shape index (κ3) is 2.43. The van der Waals surface area contributed by atoms with Gasteiger partial charge in [-0.05, 0) is 43.4 Å². The van der Waals surface area contributed by atoms with E-state index in [1.54, 1.807) is 0 Å². The molecule has 0 spiro atoms. The predicted molar refractivity (Wildman–Crippen MR) is 83.4 cm³/mol. The largest absolute Gasteiger partial charge is 0.478 e. The van der Waals surface area contributed by atoms with Crippen molar-refractivity contribution in [2.24, 2.45) is 0 Å². The van der Waals surface area contributed by atoms with Gasteiger partial charge in [0, 0.05) is 5.57 Å². The van der Waals surface area contributed by atoms with E-state index in [1.807, 2.05) is 0 Å². The van der Waals surface area contributed by atoms with Crippen LogP contribution in [0.1, 0.15) is 48.5 Å². The summed E-state index contributed by atoms with van der Waals surface area (Å²) in [6.45, 7) is 3.61. The van der Waals surface area contributed by atoms with Gasteiger partial charge in [0.1, 0.15) is 0 Å². The Kier molecular flexibility index (Phi) is 3.35. The maximum absolute atomic E-state index is 12.7. The molecule has 4 rings (SSSR count). The van der Waals surface area contributed by atoms with E-state index >= 15 is 0 Å². The lowest BCUT2D eigenvalue weighted by atomic mass is 9.93. The first-order valence-electron chi connectivity index (χ1n) is 8.14. The molecule has 0 unspecified atom stereocenters. The minimum atomic E-state index is -4.38. The number of carboxylic acids is 1. The summed E-state index contributed by atoms with van der Waals surface area (Å²) in [5, 5.41) is 13.2. The Morgan fingerprint density at radius 1 is 1.15 bits per heavy atom. The number of halogens is 3. The number of hydrogen-bond acceptors (Lipinski definition) is 4. The molecule has 2 aromatic rings. The van der Waals surface area contributed by atoms with Gasteiger partial charge in [-0.1, -0.05) is 23.9 Å². The van der Waals surface area contributed by atoms with Crippen LogP contribution in [0.25, 0.3) is 0 Å². The summed E-state index contributed by atoms with van der Waals surface area (Å²) in [5.74, 6) is -0.499. The molecule has 0 bridgehead atoms. The molecule has 2 saturated carbocycles. The predicted octanol–water partition coefficient (Wildman–Crippen LogP) is 3.84. The van der Waals surface area contributed by atoms with Gasteiger partial charge in [0.25, 0.3) is 0 Å². The van der Waals surface area contributed by atoms with Gasteiger partial charge in [-0.25, -0.2) is 4.79 Å². The maximum atomic E-state index is 12.7. The first-order chi connectivity index (χ1) is 12.2. The molecule has 136 valence electrons. The molecule has 26 heavy (non-hydrogen) atoms. The maximum Gasteiger partial charge on any atom is 0.416 e. The molecule has 1 N–H and O–H groups in total. The first kappa shape index (κ1) is 16.8. The van der Waals surface area contributed by atoms with E-state index in [1.165, 1.54) is 12.1 Å². The molecule has 0 saturated heterocycles. The second-order valence-electron chi connectivity index (χ2n) is 6.95. The fourth-order valence-electron chi connectivity index (χ4n) is 3.33. The lowest BCUT2D eigenvalue weighted by molar-refractivity contribution is -0.137. The van der Waals surface area contributed by atoms with E-state index in [0.717, 1.165) is 12.1 Å². The Hall–Kier alpha value is -2.64. The van der Waals surface area contributed by atoms with Gasteiger partial charge >= 0.3 is 12.1 Å². The molecular weight excluding hydrogens is 349 g/mol. The van der Waals surface area contributed by atoms with Crippen LogP contribution in [0.15, 0.2) is 40.9 Å². The van der Waals surface area contributed by atoms with E-state index in [2.05, 4.69) is 16.7 Å². The highest BCUT2D eigenvalue weighted by atomic mass is 19.4. The van der Waals surface area contributed by atoms with Crippen LogP contribution < -0.4 is 0 Å². The van der Waals surface area contributed by atoms with Gasteiger partial charge in [0.2, 0.25) is 5.89 Å². The van der Waals surface area contributed by atoms with Gasteiger partial charge in [0.15, 0.2) is 5.82 Å². The molecule has 5 nitrogen and oxygen atoms in total. The molecule has 1 aromatic heterocycles. The van der Waals surface area contributed by atoms with Crippen LogP contribution in [0.2, 0.25) is 0 Å². The van der Waals surface area contributed by atoms with Crippen molar-refractivity contribution in [2.75, 3.05) is 0 Å².